The van der Waals surface area contributed by atoms with Gasteiger partial charge in [0.15, 0.2) is 0 Å². The Morgan fingerprint density at radius 2 is 1.95 bits per heavy atom. The van der Waals surface area contributed by atoms with Gasteiger partial charge in [-0.05, 0) is 17.7 Å². The van der Waals surface area contributed by atoms with Crippen LogP contribution in [0.2, 0.25) is 0 Å². The van der Waals surface area contributed by atoms with Crippen molar-refractivity contribution in [2.45, 2.75) is 13.0 Å². The minimum absolute atomic E-state index is 0.676. The number of ether oxygens (including phenoxy) is 1. The molecule has 1 aliphatic heterocycles. The molecule has 1 saturated heterocycles. The maximum atomic E-state index is 5.07. The predicted molar refractivity (Wildman–Crippen MR) is 87.2 cm³/mol. The Bertz CT molecular complexity index is 568. The van der Waals surface area contributed by atoms with Gasteiger partial charge < -0.3 is 9.64 Å². The molecule has 7 heteroatoms. The van der Waals surface area contributed by atoms with Gasteiger partial charge in [0, 0.05) is 70.2 Å². The fourth-order valence-electron chi connectivity index (χ4n) is 2.51. The normalized spacial score (nSPS) is 16.1. The molecule has 0 bridgehead atoms. The van der Waals surface area contributed by atoms with Crippen molar-refractivity contribution in [3.8, 4) is 0 Å². The summed E-state index contributed by atoms with van der Waals surface area (Å²) >= 11 is 1.49. The summed E-state index contributed by atoms with van der Waals surface area (Å²) in [6, 6.07) is 4.17. The second-order valence-electron chi connectivity index (χ2n) is 5.35. The number of nitrogens with zero attached hydrogens (tertiary/aromatic N) is 5. The van der Waals surface area contributed by atoms with E-state index in [0.29, 0.717) is 6.61 Å². The van der Waals surface area contributed by atoms with E-state index in [1.807, 2.05) is 12.4 Å². The van der Waals surface area contributed by atoms with Crippen LogP contribution in [0.15, 0.2) is 24.5 Å². The number of methoxy groups -OCH3 is 1. The van der Waals surface area contributed by atoms with Gasteiger partial charge >= 0.3 is 0 Å². The van der Waals surface area contributed by atoms with E-state index < -0.39 is 0 Å². The highest BCUT2D eigenvalue weighted by atomic mass is 32.1. The van der Waals surface area contributed by atoms with Crippen molar-refractivity contribution in [1.29, 1.82) is 0 Å². The molecule has 0 amide bonds. The Balaban J connectivity index is 1.50. The number of piperazine rings is 1. The lowest BCUT2D eigenvalue weighted by Crippen LogP contribution is -2.45. The maximum Gasteiger partial charge on any atom is 0.205 e. The summed E-state index contributed by atoms with van der Waals surface area (Å²) in [4.78, 5) is 13.5. The average molecular weight is 319 g/mol. The third-order valence-corrected chi connectivity index (χ3v) is 4.60. The van der Waals surface area contributed by atoms with Gasteiger partial charge in [0.1, 0.15) is 5.82 Å². The lowest BCUT2D eigenvalue weighted by Gasteiger charge is -2.34. The fourth-order valence-corrected chi connectivity index (χ4v) is 3.28. The van der Waals surface area contributed by atoms with Gasteiger partial charge in [0.05, 0.1) is 6.61 Å². The second-order valence-corrected chi connectivity index (χ2v) is 6.08. The van der Waals surface area contributed by atoms with Crippen molar-refractivity contribution in [2.24, 2.45) is 0 Å². The topological polar surface area (TPSA) is 54.4 Å². The highest BCUT2D eigenvalue weighted by molar-refractivity contribution is 7.09. The molecule has 1 aliphatic rings. The Morgan fingerprint density at radius 1 is 1.18 bits per heavy atom. The van der Waals surface area contributed by atoms with Crippen LogP contribution in [0.4, 0.5) is 5.13 Å². The van der Waals surface area contributed by atoms with Gasteiger partial charge in [-0.1, -0.05) is 0 Å². The summed E-state index contributed by atoms with van der Waals surface area (Å²) in [6.07, 6.45) is 4.50. The average Bonchev–Trinajstić information content (AvgIpc) is 3.03. The number of anilines is 1. The molecule has 0 saturated carbocycles. The predicted octanol–water partition coefficient (Wildman–Crippen LogP) is 1.44. The molecule has 0 unspecified atom stereocenters. The van der Waals surface area contributed by atoms with Crippen LogP contribution in [0.5, 0.6) is 0 Å². The zero-order valence-electron chi connectivity index (χ0n) is 12.8. The smallest absolute Gasteiger partial charge is 0.205 e. The van der Waals surface area contributed by atoms with Crippen molar-refractivity contribution >= 4 is 16.7 Å². The molecular formula is C15H21N5OS. The van der Waals surface area contributed by atoms with E-state index in [1.54, 1.807) is 7.11 Å². The molecule has 22 heavy (non-hydrogen) atoms. The quantitative estimate of drug-likeness (QED) is 0.803. The zero-order chi connectivity index (χ0) is 15.2. The highest BCUT2D eigenvalue weighted by Gasteiger charge is 2.20. The third kappa shape index (κ3) is 4.00. The molecule has 3 heterocycles. The van der Waals surface area contributed by atoms with E-state index in [2.05, 4.69) is 36.3 Å². The Morgan fingerprint density at radius 3 is 2.68 bits per heavy atom. The Labute approximate surface area is 134 Å². The number of aromatic nitrogens is 3. The van der Waals surface area contributed by atoms with Gasteiger partial charge in [0.25, 0.3) is 0 Å². The maximum absolute atomic E-state index is 5.07. The van der Waals surface area contributed by atoms with E-state index in [0.717, 1.165) is 50.1 Å². The molecule has 2 aromatic heterocycles. The molecule has 3 rings (SSSR count). The minimum Gasteiger partial charge on any atom is -0.384 e. The number of rotatable bonds is 6. The minimum atomic E-state index is 0.676. The van der Waals surface area contributed by atoms with Crippen molar-refractivity contribution < 1.29 is 4.74 Å². The first kappa shape index (κ1) is 15.3. The van der Waals surface area contributed by atoms with Crippen LogP contribution < -0.4 is 4.90 Å². The van der Waals surface area contributed by atoms with E-state index in [9.17, 15) is 0 Å². The van der Waals surface area contributed by atoms with Gasteiger partial charge in [-0.2, -0.15) is 4.37 Å². The molecule has 0 radical (unpaired) electrons. The molecule has 2 aromatic rings. The number of pyridine rings is 1. The van der Waals surface area contributed by atoms with Crippen LogP contribution in [-0.2, 0) is 17.7 Å². The highest BCUT2D eigenvalue weighted by Crippen LogP contribution is 2.19. The summed E-state index contributed by atoms with van der Waals surface area (Å²) in [6.45, 7) is 5.78. The summed E-state index contributed by atoms with van der Waals surface area (Å²) < 4.78 is 9.48. The molecule has 0 N–H and O–H groups in total. The molecule has 118 valence electrons. The first-order chi connectivity index (χ1) is 10.8. The van der Waals surface area contributed by atoms with E-state index in [1.165, 1.54) is 17.1 Å². The van der Waals surface area contributed by atoms with Gasteiger partial charge in [-0.3, -0.25) is 9.88 Å². The second kappa shape index (κ2) is 7.62. The van der Waals surface area contributed by atoms with Crippen LogP contribution in [-0.4, -0.2) is 59.1 Å². The first-order valence-electron chi connectivity index (χ1n) is 7.53. The van der Waals surface area contributed by atoms with E-state index in [-0.39, 0.29) is 0 Å². The fraction of sp³-hybridized carbons (Fsp3) is 0.533. The molecule has 1 fully saturated rings. The Hall–Kier alpha value is -1.57. The van der Waals surface area contributed by atoms with Crippen molar-refractivity contribution in [3.05, 3.63) is 35.9 Å². The summed E-state index contributed by atoms with van der Waals surface area (Å²) in [5, 5.41) is 1.04. The zero-order valence-corrected chi connectivity index (χ0v) is 13.6. The van der Waals surface area contributed by atoms with Gasteiger partial charge in [-0.25, -0.2) is 4.98 Å². The number of hydrogen-bond acceptors (Lipinski definition) is 7. The standard InChI is InChI=1S/C15H21N5OS/c1-21-11-4-14-17-15(22-18-14)20-9-7-19(8-10-20)12-13-2-5-16-6-3-13/h2-3,5-6H,4,7-12H2,1H3. The molecule has 0 spiro atoms. The summed E-state index contributed by atoms with van der Waals surface area (Å²) in [5.41, 5.74) is 1.32. The van der Waals surface area contributed by atoms with Crippen LogP contribution >= 0.6 is 11.5 Å². The first-order valence-corrected chi connectivity index (χ1v) is 8.30. The van der Waals surface area contributed by atoms with E-state index >= 15 is 0 Å². The molecule has 0 atom stereocenters. The van der Waals surface area contributed by atoms with Crippen molar-refractivity contribution in [2.75, 3.05) is 44.8 Å². The molecule has 0 aromatic carbocycles. The van der Waals surface area contributed by atoms with Crippen molar-refractivity contribution in [3.63, 3.8) is 0 Å². The largest absolute Gasteiger partial charge is 0.384 e. The number of hydrogen-bond donors (Lipinski definition) is 0. The Kier molecular flexibility index (Phi) is 5.31. The van der Waals surface area contributed by atoms with Gasteiger partial charge in [-0.15, -0.1) is 0 Å². The van der Waals surface area contributed by atoms with Crippen LogP contribution in [0, 0.1) is 0 Å². The van der Waals surface area contributed by atoms with Crippen LogP contribution in [0.25, 0.3) is 0 Å². The SMILES string of the molecule is COCCc1nsc(N2CCN(Cc3ccncc3)CC2)n1. The van der Waals surface area contributed by atoms with Crippen molar-refractivity contribution in [1.82, 2.24) is 19.2 Å². The molecule has 0 aliphatic carbocycles. The van der Waals surface area contributed by atoms with Crippen LogP contribution in [0.1, 0.15) is 11.4 Å². The molecular weight excluding hydrogens is 298 g/mol. The lowest BCUT2D eigenvalue weighted by atomic mass is 10.2. The summed E-state index contributed by atoms with van der Waals surface area (Å²) in [5.74, 6) is 0.890. The van der Waals surface area contributed by atoms with E-state index in [4.69, 9.17) is 4.74 Å². The monoisotopic (exact) mass is 319 g/mol. The van der Waals surface area contributed by atoms with Crippen LogP contribution in [0.3, 0.4) is 0 Å². The lowest BCUT2D eigenvalue weighted by molar-refractivity contribution is 0.201. The molecule has 6 nitrogen and oxygen atoms in total. The summed E-state index contributed by atoms with van der Waals surface area (Å²) in [7, 11) is 1.70. The van der Waals surface area contributed by atoms with Gasteiger partial charge in [0.2, 0.25) is 5.13 Å². The third-order valence-electron chi connectivity index (χ3n) is 3.79.